The van der Waals surface area contributed by atoms with E-state index >= 15 is 0 Å². The van der Waals surface area contributed by atoms with E-state index in [0.717, 1.165) is 30.8 Å². The summed E-state index contributed by atoms with van der Waals surface area (Å²) >= 11 is 6.05. The van der Waals surface area contributed by atoms with Crippen LogP contribution in [0.3, 0.4) is 0 Å². The van der Waals surface area contributed by atoms with Gasteiger partial charge < -0.3 is 9.64 Å². The van der Waals surface area contributed by atoms with Gasteiger partial charge in [-0.2, -0.15) is 0 Å². The Labute approximate surface area is 176 Å². The Morgan fingerprint density at radius 1 is 1.28 bits per heavy atom. The van der Waals surface area contributed by atoms with Gasteiger partial charge in [-0.1, -0.05) is 29.8 Å². The van der Waals surface area contributed by atoms with Crippen molar-refractivity contribution in [2.75, 3.05) is 26.2 Å². The van der Waals surface area contributed by atoms with Crippen LogP contribution in [0.1, 0.15) is 18.1 Å². The van der Waals surface area contributed by atoms with Crippen LogP contribution in [0.5, 0.6) is 5.75 Å². The van der Waals surface area contributed by atoms with Gasteiger partial charge in [-0.25, -0.2) is 4.39 Å². The molecule has 1 saturated heterocycles. The van der Waals surface area contributed by atoms with E-state index < -0.39 is 0 Å². The first-order chi connectivity index (χ1) is 14.0. The molecule has 0 unspecified atom stereocenters. The predicted octanol–water partition coefficient (Wildman–Crippen LogP) is 4.32. The second-order valence-electron chi connectivity index (χ2n) is 7.33. The molecule has 0 aliphatic carbocycles. The van der Waals surface area contributed by atoms with Crippen LogP contribution in [0.15, 0.2) is 55.1 Å². The Hall–Kier alpha value is -2.37. The standard InChI is InChI=1S/C23H26ClFN2O2/c1-3-4-19-13-20(24)7-10-22(19)29-16-23(28)27-12-11-26(14-17(27)2)15-18-5-8-21(25)9-6-18/h3,5-10,13,17H,1,4,11-12,14-16H2,2H3/t17-/m1/s1. The van der Waals surface area contributed by atoms with E-state index in [2.05, 4.69) is 11.5 Å². The number of hydrogen-bond acceptors (Lipinski definition) is 3. The molecule has 3 rings (SSSR count). The molecule has 0 N–H and O–H groups in total. The zero-order valence-corrected chi connectivity index (χ0v) is 17.4. The third-order valence-electron chi connectivity index (χ3n) is 5.09. The van der Waals surface area contributed by atoms with Crippen LogP contribution in [0.2, 0.25) is 5.02 Å². The van der Waals surface area contributed by atoms with Crippen molar-refractivity contribution in [2.24, 2.45) is 0 Å². The van der Waals surface area contributed by atoms with Crippen LogP contribution in [-0.4, -0.2) is 48.0 Å². The first-order valence-corrected chi connectivity index (χ1v) is 10.1. The van der Waals surface area contributed by atoms with Gasteiger partial charge in [-0.05, 0) is 54.8 Å². The van der Waals surface area contributed by atoms with E-state index in [1.54, 1.807) is 30.3 Å². The largest absolute Gasteiger partial charge is 0.483 e. The summed E-state index contributed by atoms with van der Waals surface area (Å²) in [6.07, 6.45) is 2.41. The summed E-state index contributed by atoms with van der Waals surface area (Å²) in [7, 11) is 0. The first-order valence-electron chi connectivity index (χ1n) is 9.74. The fraction of sp³-hybridized carbons (Fsp3) is 0.348. The maximum atomic E-state index is 13.1. The van der Waals surface area contributed by atoms with Crippen molar-refractivity contribution in [3.63, 3.8) is 0 Å². The zero-order chi connectivity index (χ0) is 20.8. The van der Waals surface area contributed by atoms with E-state index in [1.165, 1.54) is 12.1 Å². The Bertz CT molecular complexity index is 856. The zero-order valence-electron chi connectivity index (χ0n) is 16.6. The average molecular weight is 417 g/mol. The molecule has 154 valence electrons. The molecule has 1 aliphatic rings. The molecule has 29 heavy (non-hydrogen) atoms. The van der Waals surface area contributed by atoms with Crippen LogP contribution in [-0.2, 0) is 17.8 Å². The highest BCUT2D eigenvalue weighted by Gasteiger charge is 2.27. The summed E-state index contributed by atoms with van der Waals surface area (Å²) in [6, 6.07) is 12.0. The van der Waals surface area contributed by atoms with Crippen LogP contribution >= 0.6 is 11.6 Å². The van der Waals surface area contributed by atoms with E-state index in [1.807, 2.05) is 17.9 Å². The Morgan fingerprint density at radius 2 is 2.03 bits per heavy atom. The van der Waals surface area contributed by atoms with E-state index in [9.17, 15) is 9.18 Å². The van der Waals surface area contributed by atoms with Gasteiger partial charge >= 0.3 is 0 Å². The Kier molecular flexibility index (Phi) is 7.29. The summed E-state index contributed by atoms with van der Waals surface area (Å²) in [5.41, 5.74) is 1.98. The normalized spacial score (nSPS) is 17.2. The van der Waals surface area contributed by atoms with Crippen LogP contribution in [0.25, 0.3) is 0 Å². The van der Waals surface area contributed by atoms with Gasteiger partial charge in [0.15, 0.2) is 6.61 Å². The summed E-state index contributed by atoms with van der Waals surface area (Å²) < 4.78 is 18.9. The monoisotopic (exact) mass is 416 g/mol. The number of rotatable bonds is 7. The maximum absolute atomic E-state index is 13.1. The smallest absolute Gasteiger partial charge is 0.260 e. The number of allylic oxidation sites excluding steroid dienone is 1. The average Bonchev–Trinajstić information content (AvgIpc) is 2.69. The molecule has 0 aromatic heterocycles. The molecule has 0 radical (unpaired) electrons. The predicted molar refractivity (Wildman–Crippen MR) is 114 cm³/mol. The minimum atomic E-state index is -0.227. The highest BCUT2D eigenvalue weighted by molar-refractivity contribution is 6.30. The molecule has 6 heteroatoms. The van der Waals surface area contributed by atoms with Crippen molar-refractivity contribution >= 4 is 17.5 Å². The van der Waals surface area contributed by atoms with E-state index in [0.29, 0.717) is 23.7 Å². The van der Waals surface area contributed by atoms with Crippen molar-refractivity contribution in [1.29, 1.82) is 0 Å². The lowest BCUT2D eigenvalue weighted by atomic mass is 10.1. The molecule has 0 bridgehead atoms. The Balaban J connectivity index is 1.53. The minimum absolute atomic E-state index is 0.00588. The minimum Gasteiger partial charge on any atom is -0.483 e. The number of carbonyl (C=O) groups is 1. The molecule has 1 fully saturated rings. The number of piperazine rings is 1. The van der Waals surface area contributed by atoms with Crippen LogP contribution in [0, 0.1) is 5.82 Å². The third kappa shape index (κ3) is 5.81. The molecular formula is C23H26ClFN2O2. The van der Waals surface area contributed by atoms with Crippen LogP contribution < -0.4 is 4.74 Å². The van der Waals surface area contributed by atoms with Crippen molar-refractivity contribution in [3.05, 3.63) is 77.1 Å². The highest BCUT2D eigenvalue weighted by atomic mass is 35.5. The first kappa shape index (κ1) is 21.3. The summed E-state index contributed by atoms with van der Waals surface area (Å²) in [6.45, 7) is 8.72. The SMILES string of the molecule is C=CCc1cc(Cl)ccc1OCC(=O)N1CCN(Cc2ccc(F)cc2)C[C@H]1C. The second kappa shape index (κ2) is 9.90. The molecule has 1 amide bonds. The lowest BCUT2D eigenvalue weighted by Gasteiger charge is -2.39. The number of ether oxygens (including phenoxy) is 1. The van der Waals surface area contributed by atoms with Crippen molar-refractivity contribution in [1.82, 2.24) is 9.80 Å². The molecule has 1 heterocycles. The maximum Gasteiger partial charge on any atom is 0.260 e. The van der Waals surface area contributed by atoms with Crippen molar-refractivity contribution in [3.8, 4) is 5.75 Å². The molecule has 0 saturated carbocycles. The summed E-state index contributed by atoms with van der Waals surface area (Å²) in [5.74, 6) is 0.401. The molecular weight excluding hydrogens is 391 g/mol. The number of amides is 1. The lowest BCUT2D eigenvalue weighted by molar-refractivity contribution is -0.138. The van der Waals surface area contributed by atoms with Crippen molar-refractivity contribution < 1.29 is 13.9 Å². The fourth-order valence-corrected chi connectivity index (χ4v) is 3.82. The van der Waals surface area contributed by atoms with Gasteiger partial charge in [0.05, 0.1) is 0 Å². The molecule has 2 aromatic carbocycles. The highest BCUT2D eigenvalue weighted by Crippen LogP contribution is 2.24. The molecule has 1 atom stereocenters. The topological polar surface area (TPSA) is 32.8 Å². The number of hydrogen-bond donors (Lipinski definition) is 0. The van der Waals surface area contributed by atoms with Gasteiger partial charge in [-0.15, -0.1) is 6.58 Å². The Morgan fingerprint density at radius 3 is 2.72 bits per heavy atom. The molecule has 0 spiro atoms. The van der Waals surface area contributed by atoms with Crippen molar-refractivity contribution in [2.45, 2.75) is 25.9 Å². The number of carbonyl (C=O) groups excluding carboxylic acids is 1. The number of halogens is 2. The number of nitrogens with zero attached hydrogens (tertiary/aromatic N) is 2. The summed E-state index contributed by atoms with van der Waals surface area (Å²) in [4.78, 5) is 16.9. The lowest BCUT2D eigenvalue weighted by Crippen LogP contribution is -2.54. The van der Waals surface area contributed by atoms with Crippen LogP contribution in [0.4, 0.5) is 4.39 Å². The second-order valence-corrected chi connectivity index (χ2v) is 7.77. The van der Waals surface area contributed by atoms with Gasteiger partial charge in [0.25, 0.3) is 5.91 Å². The quantitative estimate of drug-likeness (QED) is 0.630. The molecule has 1 aliphatic heterocycles. The fourth-order valence-electron chi connectivity index (χ4n) is 3.62. The van der Waals surface area contributed by atoms with Gasteiger partial charge in [0, 0.05) is 37.2 Å². The van der Waals surface area contributed by atoms with Gasteiger partial charge in [0.2, 0.25) is 0 Å². The third-order valence-corrected chi connectivity index (χ3v) is 5.32. The van der Waals surface area contributed by atoms with E-state index in [4.69, 9.17) is 16.3 Å². The number of benzene rings is 2. The van der Waals surface area contributed by atoms with E-state index in [-0.39, 0.29) is 24.4 Å². The van der Waals surface area contributed by atoms with Gasteiger partial charge in [0.1, 0.15) is 11.6 Å². The summed E-state index contributed by atoms with van der Waals surface area (Å²) in [5, 5.41) is 0.631. The van der Waals surface area contributed by atoms with Gasteiger partial charge in [-0.3, -0.25) is 9.69 Å². The molecule has 2 aromatic rings. The molecule has 4 nitrogen and oxygen atoms in total.